The van der Waals surface area contributed by atoms with E-state index >= 15 is 0 Å². The predicted molar refractivity (Wildman–Crippen MR) is 57.1 cm³/mol. The Bertz CT molecular complexity index is 216. The molecule has 0 amide bonds. The summed E-state index contributed by atoms with van der Waals surface area (Å²) in [5.74, 6) is 0. The van der Waals surface area contributed by atoms with Crippen LogP contribution in [0.5, 0.6) is 0 Å². The topological polar surface area (TPSA) is 0 Å². The van der Waals surface area contributed by atoms with E-state index in [0.29, 0.717) is 0 Å². The molecule has 0 aliphatic carbocycles. The van der Waals surface area contributed by atoms with Crippen LogP contribution in [0.2, 0.25) is 0 Å². The molecule has 0 unspecified atom stereocenters. The van der Waals surface area contributed by atoms with Gasteiger partial charge in [0.1, 0.15) is 0 Å². The van der Waals surface area contributed by atoms with Crippen molar-refractivity contribution in [1.29, 1.82) is 0 Å². The van der Waals surface area contributed by atoms with Gasteiger partial charge in [0, 0.05) is 0 Å². The van der Waals surface area contributed by atoms with Gasteiger partial charge in [0.2, 0.25) is 0 Å². The Morgan fingerprint density at radius 2 is 1.23 bits per heavy atom. The molecule has 0 aromatic heterocycles. The third-order valence-corrected chi connectivity index (χ3v) is 3.26. The van der Waals surface area contributed by atoms with Crippen LogP contribution in [0.25, 0.3) is 0 Å². The Morgan fingerprint density at radius 3 is 1.54 bits per heavy atom. The molecule has 0 aromatic rings. The zero-order chi connectivity index (χ0) is 10.1. The van der Waals surface area contributed by atoms with Crippen molar-refractivity contribution in [2.24, 2.45) is 0 Å². The zero-order valence-electron chi connectivity index (χ0n) is 8.82. The van der Waals surface area contributed by atoms with Crippen LogP contribution < -0.4 is 0 Å². The fourth-order valence-electron chi connectivity index (χ4n) is 0.732. The van der Waals surface area contributed by atoms with Gasteiger partial charge in [-0.25, -0.2) is 0 Å². The van der Waals surface area contributed by atoms with Crippen LogP contribution in [0.3, 0.4) is 0 Å². The molecule has 74 valence electrons. The number of hydrogen-bond donors (Lipinski definition) is 0. The first kappa shape index (κ1) is 12.6. The number of rotatable bonds is 4. The summed E-state index contributed by atoms with van der Waals surface area (Å²) in [6.07, 6.45) is 12.7. The van der Waals surface area contributed by atoms with Crippen LogP contribution in [-0.4, -0.2) is 0 Å². The molecule has 0 saturated heterocycles. The Labute approximate surface area is 89.7 Å². The fraction of sp³-hybridized carbons (Fsp3) is 0.333. The second kappa shape index (κ2) is 8.19. The normalized spacial score (nSPS) is 15.1. The van der Waals surface area contributed by atoms with Crippen LogP contribution in [0, 0.1) is 0 Å². The van der Waals surface area contributed by atoms with E-state index in [1.807, 2.05) is 13.8 Å². The third-order valence-electron chi connectivity index (χ3n) is 1.31. The van der Waals surface area contributed by atoms with Gasteiger partial charge >= 0.3 is 89.6 Å². The average Bonchev–Trinajstić information content (AvgIpc) is 2.11. The molecule has 0 N–H and O–H groups in total. The molecule has 0 bridgehead atoms. The van der Waals surface area contributed by atoms with E-state index in [0.717, 1.165) is 0 Å². The standard InChI is InChI=1S/2C6H9.Ru/c2*1-3-5-6-4-2;/h2*3,5-6H,1-2H3;/b2*5-3+,6-4?;. The Morgan fingerprint density at radius 1 is 0.846 bits per heavy atom. The zero-order valence-corrected chi connectivity index (χ0v) is 10.6. The molecule has 0 radical (unpaired) electrons. The summed E-state index contributed by atoms with van der Waals surface area (Å²) in [7, 11) is 0. The minimum absolute atomic E-state index is 0.270. The molecule has 0 atom stereocenters. The van der Waals surface area contributed by atoms with Crippen molar-refractivity contribution in [3.63, 3.8) is 0 Å². The quantitative estimate of drug-likeness (QED) is 0.530. The molecule has 13 heavy (non-hydrogen) atoms. The first-order valence-corrected chi connectivity index (χ1v) is 6.16. The first-order chi connectivity index (χ1) is 6.20. The van der Waals surface area contributed by atoms with Gasteiger partial charge in [-0.3, -0.25) is 0 Å². The van der Waals surface area contributed by atoms with Crippen molar-refractivity contribution in [3.8, 4) is 0 Å². The van der Waals surface area contributed by atoms with Gasteiger partial charge in [0.05, 0.1) is 0 Å². The minimum atomic E-state index is 0.270. The summed E-state index contributed by atoms with van der Waals surface area (Å²) < 4.78 is 2.98. The van der Waals surface area contributed by atoms with E-state index in [2.05, 4.69) is 50.3 Å². The van der Waals surface area contributed by atoms with Gasteiger partial charge in [-0.05, 0) is 0 Å². The third kappa shape index (κ3) is 7.93. The maximum atomic E-state index is 2.20. The summed E-state index contributed by atoms with van der Waals surface area (Å²) in [6, 6.07) is 0. The molecule has 0 spiro atoms. The molecule has 0 heterocycles. The second-order valence-corrected chi connectivity index (χ2v) is 5.78. The van der Waals surface area contributed by atoms with Crippen molar-refractivity contribution in [2.45, 2.75) is 27.7 Å². The monoisotopic (exact) mass is 264 g/mol. The number of hydrogen-bond acceptors (Lipinski definition) is 0. The molecular weight excluding hydrogens is 245 g/mol. The molecule has 1 heteroatoms. The molecule has 0 aliphatic rings. The van der Waals surface area contributed by atoms with E-state index < -0.39 is 0 Å². The van der Waals surface area contributed by atoms with Crippen molar-refractivity contribution >= 4 is 0 Å². The van der Waals surface area contributed by atoms with Crippen LogP contribution >= 0.6 is 0 Å². The molecule has 0 rings (SSSR count). The SMILES string of the molecule is C/C=C/C=[C](\C)[Ru]/[C](C)=C/C=C/C. The maximum absolute atomic E-state index is 2.20. The second-order valence-electron chi connectivity index (χ2n) is 2.61. The van der Waals surface area contributed by atoms with Crippen LogP contribution in [0.15, 0.2) is 44.8 Å². The summed E-state index contributed by atoms with van der Waals surface area (Å²) >= 11 is 0.270. The van der Waals surface area contributed by atoms with E-state index in [1.165, 1.54) is 8.33 Å². The van der Waals surface area contributed by atoms with Gasteiger partial charge in [-0.1, -0.05) is 0 Å². The summed E-state index contributed by atoms with van der Waals surface area (Å²) in [6.45, 7) is 8.49. The van der Waals surface area contributed by atoms with Crippen molar-refractivity contribution in [1.82, 2.24) is 0 Å². The van der Waals surface area contributed by atoms with Gasteiger partial charge < -0.3 is 0 Å². The van der Waals surface area contributed by atoms with Crippen LogP contribution in [-0.2, 0) is 17.1 Å². The number of allylic oxidation sites excluding steroid dienone is 8. The van der Waals surface area contributed by atoms with Gasteiger partial charge in [-0.2, -0.15) is 0 Å². The molecule has 0 aliphatic heterocycles. The van der Waals surface area contributed by atoms with Crippen molar-refractivity contribution in [2.75, 3.05) is 0 Å². The van der Waals surface area contributed by atoms with E-state index in [1.54, 1.807) is 0 Å². The molecular formula is C12H18Ru. The van der Waals surface area contributed by atoms with Crippen molar-refractivity contribution in [3.05, 3.63) is 44.8 Å². The van der Waals surface area contributed by atoms with E-state index in [9.17, 15) is 0 Å². The van der Waals surface area contributed by atoms with Crippen LogP contribution in [0.1, 0.15) is 27.7 Å². The summed E-state index contributed by atoms with van der Waals surface area (Å²) in [4.78, 5) is 0. The van der Waals surface area contributed by atoms with E-state index in [4.69, 9.17) is 0 Å². The van der Waals surface area contributed by atoms with Crippen molar-refractivity contribution < 1.29 is 17.1 Å². The van der Waals surface area contributed by atoms with E-state index in [-0.39, 0.29) is 17.1 Å². The van der Waals surface area contributed by atoms with Gasteiger partial charge in [0.25, 0.3) is 0 Å². The van der Waals surface area contributed by atoms with Gasteiger partial charge in [-0.15, -0.1) is 0 Å². The molecule has 0 aromatic carbocycles. The molecule has 0 saturated carbocycles. The Kier molecular flexibility index (Phi) is 7.93. The van der Waals surface area contributed by atoms with Crippen LogP contribution in [0.4, 0.5) is 0 Å². The average molecular weight is 263 g/mol. The summed E-state index contributed by atoms with van der Waals surface area (Å²) in [5.41, 5.74) is 0. The molecule has 0 nitrogen and oxygen atoms in total. The first-order valence-electron chi connectivity index (χ1n) is 4.42. The fourth-order valence-corrected chi connectivity index (χ4v) is 2.44. The molecule has 0 fully saturated rings. The summed E-state index contributed by atoms with van der Waals surface area (Å²) in [5, 5.41) is 0. The Balaban J connectivity index is 4.12. The van der Waals surface area contributed by atoms with Gasteiger partial charge in [0.15, 0.2) is 0 Å². The predicted octanol–water partition coefficient (Wildman–Crippen LogP) is 4.03. The Hall–Kier alpha value is -0.417.